The maximum atomic E-state index is 11.8. The van der Waals surface area contributed by atoms with Crippen molar-refractivity contribution in [3.05, 3.63) is 36.3 Å². The van der Waals surface area contributed by atoms with Crippen molar-refractivity contribution in [1.82, 2.24) is 19.5 Å². The third kappa shape index (κ3) is 4.37. The Kier molecular flexibility index (Phi) is 5.08. The zero-order valence-electron chi connectivity index (χ0n) is 12.3. The van der Waals surface area contributed by atoms with Gasteiger partial charge in [0, 0.05) is 37.7 Å². The first kappa shape index (κ1) is 15.7. The molecule has 0 aliphatic carbocycles. The molecule has 0 radical (unpaired) electrons. The molecule has 6 nitrogen and oxygen atoms in total. The molecule has 2 aromatic heterocycles. The monoisotopic (exact) mass is 308 g/mol. The highest BCUT2D eigenvalue weighted by Crippen LogP contribution is 2.18. The molecule has 114 valence electrons. The SMILES string of the molecule is CCCCS(=O)(=O)NCc1cncc(-c2ccnn2C)c1. The summed E-state index contributed by atoms with van der Waals surface area (Å²) in [6.07, 6.45) is 6.66. The number of unbranched alkanes of at least 4 members (excludes halogenated alkanes) is 1. The van der Waals surface area contributed by atoms with E-state index in [9.17, 15) is 8.42 Å². The van der Waals surface area contributed by atoms with E-state index in [-0.39, 0.29) is 12.3 Å². The molecule has 0 spiro atoms. The van der Waals surface area contributed by atoms with Crippen LogP contribution in [0.25, 0.3) is 11.3 Å². The average molecular weight is 308 g/mol. The van der Waals surface area contributed by atoms with E-state index in [1.54, 1.807) is 23.3 Å². The summed E-state index contributed by atoms with van der Waals surface area (Å²) in [5.41, 5.74) is 2.69. The third-order valence-corrected chi connectivity index (χ3v) is 4.58. The fourth-order valence-corrected chi connectivity index (χ4v) is 3.18. The molecule has 7 heteroatoms. The fraction of sp³-hybridized carbons (Fsp3) is 0.429. The molecule has 0 fully saturated rings. The van der Waals surface area contributed by atoms with Gasteiger partial charge in [-0.1, -0.05) is 13.3 Å². The van der Waals surface area contributed by atoms with Crippen LogP contribution in [-0.4, -0.2) is 28.9 Å². The smallest absolute Gasteiger partial charge is 0.211 e. The van der Waals surface area contributed by atoms with Crippen molar-refractivity contribution in [2.24, 2.45) is 7.05 Å². The molecule has 21 heavy (non-hydrogen) atoms. The number of sulfonamides is 1. The predicted octanol–water partition coefficient (Wildman–Crippen LogP) is 1.70. The molecular formula is C14H20N4O2S. The lowest BCUT2D eigenvalue weighted by Crippen LogP contribution is -2.25. The summed E-state index contributed by atoms with van der Waals surface area (Å²) in [4.78, 5) is 4.17. The van der Waals surface area contributed by atoms with E-state index in [1.165, 1.54) is 0 Å². The van der Waals surface area contributed by atoms with Crippen molar-refractivity contribution < 1.29 is 8.42 Å². The number of hydrogen-bond acceptors (Lipinski definition) is 4. The lowest BCUT2D eigenvalue weighted by Gasteiger charge is -2.08. The van der Waals surface area contributed by atoms with Crippen LogP contribution < -0.4 is 4.72 Å². The molecule has 1 N–H and O–H groups in total. The standard InChI is InChI=1S/C14H20N4O2S/c1-3-4-7-21(19,20)17-10-12-8-13(11-15-9-12)14-5-6-16-18(14)2/h5-6,8-9,11,17H,3-4,7,10H2,1-2H3. The Morgan fingerprint density at radius 2 is 2.14 bits per heavy atom. The summed E-state index contributed by atoms with van der Waals surface area (Å²) in [6, 6.07) is 3.82. The van der Waals surface area contributed by atoms with Gasteiger partial charge in [-0.05, 0) is 24.1 Å². The summed E-state index contributed by atoms with van der Waals surface area (Å²) < 4.78 is 27.9. The summed E-state index contributed by atoms with van der Waals surface area (Å²) >= 11 is 0. The van der Waals surface area contributed by atoms with Crippen molar-refractivity contribution in [1.29, 1.82) is 0 Å². The Morgan fingerprint density at radius 3 is 2.81 bits per heavy atom. The average Bonchev–Trinajstić information content (AvgIpc) is 2.90. The molecule has 0 amide bonds. The normalized spacial score (nSPS) is 11.7. The Morgan fingerprint density at radius 1 is 1.33 bits per heavy atom. The minimum absolute atomic E-state index is 0.165. The van der Waals surface area contributed by atoms with Crippen molar-refractivity contribution in [3.63, 3.8) is 0 Å². The summed E-state index contributed by atoms with van der Waals surface area (Å²) in [7, 11) is -1.36. The second-order valence-electron chi connectivity index (χ2n) is 4.92. The van der Waals surface area contributed by atoms with E-state index >= 15 is 0 Å². The van der Waals surface area contributed by atoms with E-state index in [2.05, 4.69) is 14.8 Å². The first-order valence-electron chi connectivity index (χ1n) is 6.91. The van der Waals surface area contributed by atoms with Gasteiger partial charge in [-0.25, -0.2) is 13.1 Å². The van der Waals surface area contributed by atoms with Gasteiger partial charge in [0.15, 0.2) is 0 Å². The minimum atomic E-state index is -3.21. The van der Waals surface area contributed by atoms with Crippen molar-refractivity contribution in [2.75, 3.05) is 5.75 Å². The van der Waals surface area contributed by atoms with Crippen molar-refractivity contribution >= 4 is 10.0 Å². The Hall–Kier alpha value is -1.73. The van der Waals surface area contributed by atoms with Crippen molar-refractivity contribution in [2.45, 2.75) is 26.3 Å². The summed E-state index contributed by atoms with van der Waals surface area (Å²) in [6.45, 7) is 2.22. The zero-order chi connectivity index (χ0) is 15.3. The number of hydrogen-bond donors (Lipinski definition) is 1. The van der Waals surface area contributed by atoms with E-state index < -0.39 is 10.0 Å². The van der Waals surface area contributed by atoms with Crippen LogP contribution in [0.3, 0.4) is 0 Å². The third-order valence-electron chi connectivity index (χ3n) is 3.17. The first-order valence-corrected chi connectivity index (χ1v) is 8.56. The predicted molar refractivity (Wildman–Crippen MR) is 82.0 cm³/mol. The number of nitrogens with zero attached hydrogens (tertiary/aromatic N) is 3. The number of pyridine rings is 1. The molecule has 0 aromatic carbocycles. The van der Waals surface area contributed by atoms with Gasteiger partial charge in [0.2, 0.25) is 10.0 Å². The Bertz CT molecular complexity index is 695. The molecule has 2 aromatic rings. The molecule has 2 heterocycles. The van der Waals surface area contributed by atoms with Crippen LogP contribution >= 0.6 is 0 Å². The van der Waals surface area contributed by atoms with E-state index in [1.807, 2.05) is 26.1 Å². The van der Waals surface area contributed by atoms with Crippen LogP contribution in [-0.2, 0) is 23.6 Å². The topological polar surface area (TPSA) is 76.9 Å². The molecule has 0 saturated carbocycles. The first-order chi connectivity index (χ1) is 10.0. The van der Waals surface area contributed by atoms with Gasteiger partial charge in [-0.2, -0.15) is 5.10 Å². The molecule has 0 saturated heterocycles. The van der Waals surface area contributed by atoms with E-state index in [0.29, 0.717) is 6.42 Å². The van der Waals surface area contributed by atoms with Crippen LogP contribution in [0.2, 0.25) is 0 Å². The van der Waals surface area contributed by atoms with Crippen molar-refractivity contribution in [3.8, 4) is 11.3 Å². The van der Waals surface area contributed by atoms with Gasteiger partial charge >= 0.3 is 0 Å². The number of nitrogens with one attached hydrogen (secondary N) is 1. The molecule has 0 aliphatic rings. The van der Waals surface area contributed by atoms with Crippen LogP contribution in [0, 0.1) is 0 Å². The van der Waals surface area contributed by atoms with Crippen LogP contribution in [0.15, 0.2) is 30.7 Å². The largest absolute Gasteiger partial charge is 0.268 e. The molecule has 0 bridgehead atoms. The van der Waals surface area contributed by atoms with E-state index in [4.69, 9.17) is 0 Å². The van der Waals surface area contributed by atoms with Crippen LogP contribution in [0.4, 0.5) is 0 Å². The number of aryl methyl sites for hydroxylation is 1. The minimum Gasteiger partial charge on any atom is -0.268 e. The summed E-state index contributed by atoms with van der Waals surface area (Å²) in [5, 5.41) is 4.12. The van der Waals surface area contributed by atoms with Gasteiger partial charge in [-0.3, -0.25) is 9.67 Å². The molecule has 0 atom stereocenters. The fourth-order valence-electron chi connectivity index (χ4n) is 1.98. The highest BCUT2D eigenvalue weighted by atomic mass is 32.2. The second kappa shape index (κ2) is 6.82. The number of aromatic nitrogens is 3. The quantitative estimate of drug-likeness (QED) is 0.844. The maximum absolute atomic E-state index is 11.8. The molecule has 2 rings (SSSR count). The highest BCUT2D eigenvalue weighted by Gasteiger charge is 2.10. The van der Waals surface area contributed by atoms with Crippen LogP contribution in [0.1, 0.15) is 25.3 Å². The number of rotatable bonds is 7. The second-order valence-corrected chi connectivity index (χ2v) is 6.84. The molecule has 0 unspecified atom stereocenters. The Labute approximate surface area is 125 Å². The van der Waals surface area contributed by atoms with Gasteiger partial charge in [-0.15, -0.1) is 0 Å². The summed E-state index contributed by atoms with van der Waals surface area (Å²) in [5.74, 6) is 0.165. The molecule has 0 aliphatic heterocycles. The maximum Gasteiger partial charge on any atom is 0.211 e. The van der Waals surface area contributed by atoms with Gasteiger partial charge in [0.25, 0.3) is 0 Å². The lowest BCUT2D eigenvalue weighted by molar-refractivity contribution is 0.578. The van der Waals surface area contributed by atoms with Crippen LogP contribution in [0.5, 0.6) is 0 Å². The lowest BCUT2D eigenvalue weighted by atomic mass is 10.1. The molecular weight excluding hydrogens is 288 g/mol. The van der Waals surface area contributed by atoms with Gasteiger partial charge in [0.05, 0.1) is 11.4 Å². The van der Waals surface area contributed by atoms with E-state index in [0.717, 1.165) is 23.2 Å². The zero-order valence-corrected chi connectivity index (χ0v) is 13.1. The van der Waals surface area contributed by atoms with Gasteiger partial charge in [0.1, 0.15) is 0 Å². The van der Waals surface area contributed by atoms with Gasteiger partial charge < -0.3 is 0 Å². The Balaban J connectivity index is 2.07. The highest BCUT2D eigenvalue weighted by molar-refractivity contribution is 7.89.